The van der Waals surface area contributed by atoms with E-state index in [1.165, 1.54) is 0 Å². The summed E-state index contributed by atoms with van der Waals surface area (Å²) in [6.07, 6.45) is 3.72. The summed E-state index contributed by atoms with van der Waals surface area (Å²) < 4.78 is 3.37. The van der Waals surface area contributed by atoms with Gasteiger partial charge >= 0.3 is 0 Å². The van der Waals surface area contributed by atoms with Crippen LogP contribution >= 0.6 is 23.5 Å². The van der Waals surface area contributed by atoms with Crippen LogP contribution in [0.15, 0.2) is 12.4 Å². The van der Waals surface area contributed by atoms with Crippen molar-refractivity contribution in [3.63, 3.8) is 0 Å². The minimum atomic E-state index is -0.0922. The van der Waals surface area contributed by atoms with E-state index in [4.69, 9.17) is 16.7 Å². The lowest BCUT2D eigenvalue weighted by Crippen LogP contribution is -2.23. The quantitative estimate of drug-likeness (QED) is 0.809. The molecule has 1 atom stereocenters. The molecule has 0 fully saturated rings. The van der Waals surface area contributed by atoms with Gasteiger partial charge in [0.2, 0.25) is 0 Å². The van der Waals surface area contributed by atoms with Crippen molar-refractivity contribution in [3.8, 4) is 0 Å². The number of aromatic nitrogens is 2. The van der Waals surface area contributed by atoms with Crippen molar-refractivity contribution in [1.29, 1.82) is 0 Å². The number of nitrogens with zero attached hydrogens (tertiary/aromatic N) is 2. The van der Waals surface area contributed by atoms with E-state index in [0.717, 1.165) is 0 Å². The normalized spacial score (nSPS) is 13.7. The molecule has 0 aliphatic rings. The molecular formula is C11H18ClN3OS. The first-order valence-electron chi connectivity index (χ1n) is 5.45. The van der Waals surface area contributed by atoms with Gasteiger partial charge in [0.1, 0.15) is 0 Å². The van der Waals surface area contributed by atoms with Gasteiger partial charge in [0.25, 0.3) is 0 Å². The Morgan fingerprint density at radius 2 is 2.06 bits per heavy atom. The third-order valence-electron chi connectivity index (χ3n) is 1.93. The van der Waals surface area contributed by atoms with E-state index in [-0.39, 0.29) is 17.4 Å². The highest BCUT2D eigenvalue weighted by Crippen LogP contribution is 2.27. The van der Waals surface area contributed by atoms with Crippen LogP contribution in [0.4, 0.5) is 0 Å². The van der Waals surface area contributed by atoms with Crippen molar-refractivity contribution in [2.75, 3.05) is 6.61 Å². The van der Waals surface area contributed by atoms with Crippen LogP contribution in [-0.4, -0.2) is 26.4 Å². The Morgan fingerprint density at radius 1 is 1.41 bits per heavy atom. The Kier molecular flexibility index (Phi) is 5.66. The summed E-state index contributed by atoms with van der Waals surface area (Å²) in [4.78, 5) is 8.22. The molecule has 1 aromatic heterocycles. The Hall–Kier alpha value is -0.360. The van der Waals surface area contributed by atoms with Crippen LogP contribution in [0.3, 0.4) is 0 Å². The van der Waals surface area contributed by atoms with Crippen LogP contribution in [0.2, 0.25) is 5.15 Å². The Balaban J connectivity index is 2.75. The molecule has 2 N–H and O–H groups in total. The van der Waals surface area contributed by atoms with Gasteiger partial charge in [-0.2, -0.15) is 0 Å². The lowest BCUT2D eigenvalue weighted by atomic mass is 10.2. The minimum absolute atomic E-state index is 0.0786. The van der Waals surface area contributed by atoms with Gasteiger partial charge in [0.15, 0.2) is 5.15 Å². The maximum Gasteiger partial charge on any atom is 0.152 e. The zero-order chi connectivity index (χ0) is 12.9. The highest BCUT2D eigenvalue weighted by molar-refractivity contribution is 7.98. The van der Waals surface area contributed by atoms with Crippen LogP contribution in [0.1, 0.15) is 38.9 Å². The number of aliphatic hydroxyl groups excluding tert-OH is 1. The maximum absolute atomic E-state index is 9.08. The molecule has 0 radical (unpaired) electrons. The first-order valence-corrected chi connectivity index (χ1v) is 6.64. The van der Waals surface area contributed by atoms with Crippen molar-refractivity contribution in [1.82, 2.24) is 14.7 Å². The fourth-order valence-corrected chi connectivity index (χ4v) is 2.16. The van der Waals surface area contributed by atoms with E-state index in [9.17, 15) is 0 Å². The largest absolute Gasteiger partial charge is 0.396 e. The highest BCUT2D eigenvalue weighted by atomic mass is 35.5. The molecule has 1 rings (SSSR count). The van der Waals surface area contributed by atoms with Gasteiger partial charge in [-0.1, -0.05) is 23.5 Å². The van der Waals surface area contributed by atoms with Crippen molar-refractivity contribution in [3.05, 3.63) is 23.2 Å². The molecule has 0 aliphatic heterocycles. The molecule has 0 aliphatic carbocycles. The summed E-state index contributed by atoms with van der Waals surface area (Å²) >= 11 is 7.60. The summed E-state index contributed by atoms with van der Waals surface area (Å²) in [6.45, 7) is 6.41. The Bertz CT molecular complexity index is 357. The van der Waals surface area contributed by atoms with Crippen LogP contribution in [0, 0.1) is 0 Å². The molecule has 96 valence electrons. The first kappa shape index (κ1) is 14.7. The molecule has 0 saturated carbocycles. The van der Waals surface area contributed by atoms with Crippen molar-refractivity contribution < 1.29 is 5.11 Å². The molecule has 0 bridgehead atoms. The summed E-state index contributed by atoms with van der Waals surface area (Å²) in [5.41, 5.74) is 0.681. The summed E-state index contributed by atoms with van der Waals surface area (Å²) in [5.74, 6) is 0. The van der Waals surface area contributed by atoms with E-state index < -0.39 is 0 Å². The lowest BCUT2D eigenvalue weighted by Gasteiger charge is -2.23. The molecule has 17 heavy (non-hydrogen) atoms. The van der Waals surface area contributed by atoms with Gasteiger partial charge in [-0.3, -0.25) is 9.71 Å². The Morgan fingerprint density at radius 3 is 2.59 bits per heavy atom. The van der Waals surface area contributed by atoms with Gasteiger partial charge in [-0.05, 0) is 27.2 Å². The number of hydrogen-bond acceptors (Lipinski definition) is 5. The summed E-state index contributed by atoms with van der Waals surface area (Å²) in [7, 11) is 0. The van der Waals surface area contributed by atoms with E-state index in [1.54, 1.807) is 24.3 Å². The third-order valence-corrected chi connectivity index (χ3v) is 3.24. The van der Waals surface area contributed by atoms with E-state index >= 15 is 0 Å². The third kappa shape index (κ3) is 5.21. The smallest absolute Gasteiger partial charge is 0.152 e. The zero-order valence-electron chi connectivity index (χ0n) is 10.3. The second kappa shape index (κ2) is 6.54. The van der Waals surface area contributed by atoms with Crippen LogP contribution in [-0.2, 0) is 0 Å². The standard InChI is InChI=1S/C11H18ClN3OS/c1-11(2,3)17-15-8(4-7-16)9-10(12)14-6-5-13-9/h5-6,8,15-16H,4,7H2,1-3H3. The minimum Gasteiger partial charge on any atom is -0.396 e. The predicted octanol–water partition coefficient (Wildman–Crippen LogP) is 2.59. The zero-order valence-corrected chi connectivity index (χ0v) is 11.8. The van der Waals surface area contributed by atoms with Gasteiger partial charge in [0, 0.05) is 23.7 Å². The van der Waals surface area contributed by atoms with Gasteiger partial charge in [-0.15, -0.1) is 0 Å². The number of hydrogen-bond donors (Lipinski definition) is 2. The molecule has 0 saturated heterocycles. The van der Waals surface area contributed by atoms with Crippen molar-refractivity contribution in [2.45, 2.75) is 38.0 Å². The van der Waals surface area contributed by atoms with E-state index in [2.05, 4.69) is 35.5 Å². The second-order valence-corrected chi connectivity index (χ2v) is 6.65. The second-order valence-electron chi connectivity index (χ2n) is 4.63. The molecule has 0 aromatic carbocycles. The molecule has 6 heteroatoms. The van der Waals surface area contributed by atoms with Crippen molar-refractivity contribution >= 4 is 23.5 Å². The average molecular weight is 276 g/mol. The lowest BCUT2D eigenvalue weighted by molar-refractivity contribution is 0.272. The molecule has 4 nitrogen and oxygen atoms in total. The van der Waals surface area contributed by atoms with Crippen molar-refractivity contribution in [2.24, 2.45) is 0 Å². The van der Waals surface area contributed by atoms with Gasteiger partial charge < -0.3 is 5.11 Å². The first-order chi connectivity index (χ1) is 7.94. The fourth-order valence-electron chi connectivity index (χ4n) is 1.19. The predicted molar refractivity (Wildman–Crippen MR) is 72.0 cm³/mol. The summed E-state index contributed by atoms with van der Waals surface area (Å²) in [6, 6.07) is -0.0922. The molecule has 1 aromatic rings. The number of nitrogens with one attached hydrogen (secondary N) is 1. The number of aliphatic hydroxyl groups is 1. The SMILES string of the molecule is CC(C)(C)SNC(CCO)c1nccnc1Cl. The molecular weight excluding hydrogens is 258 g/mol. The number of halogens is 1. The summed E-state index contributed by atoms with van der Waals surface area (Å²) in [5, 5.41) is 9.46. The number of rotatable bonds is 5. The molecule has 1 unspecified atom stereocenters. The van der Waals surface area contributed by atoms with Crippen LogP contribution < -0.4 is 4.72 Å². The topological polar surface area (TPSA) is 58.0 Å². The molecule has 0 spiro atoms. The maximum atomic E-state index is 9.08. The van der Waals surface area contributed by atoms with Crippen LogP contribution in [0.5, 0.6) is 0 Å². The molecule has 0 amide bonds. The van der Waals surface area contributed by atoms with Crippen LogP contribution in [0.25, 0.3) is 0 Å². The fraction of sp³-hybridized carbons (Fsp3) is 0.636. The van der Waals surface area contributed by atoms with Gasteiger partial charge in [0.05, 0.1) is 11.7 Å². The van der Waals surface area contributed by atoms with Gasteiger partial charge in [-0.25, -0.2) is 4.98 Å². The Labute approximate surface area is 111 Å². The van der Waals surface area contributed by atoms with E-state index in [1.807, 2.05) is 0 Å². The monoisotopic (exact) mass is 275 g/mol. The highest BCUT2D eigenvalue weighted by Gasteiger charge is 2.19. The van der Waals surface area contributed by atoms with E-state index in [0.29, 0.717) is 17.3 Å². The average Bonchev–Trinajstić information content (AvgIpc) is 2.24. The molecule has 1 heterocycles.